The Morgan fingerprint density at radius 2 is 1.83 bits per heavy atom. The Morgan fingerprint density at radius 1 is 1.21 bits per heavy atom. The number of sulfonamides is 1. The summed E-state index contributed by atoms with van der Waals surface area (Å²) < 4.78 is 29.5. The van der Waals surface area contributed by atoms with Crippen LogP contribution in [0.15, 0.2) is 0 Å². The highest BCUT2D eigenvalue weighted by Gasteiger charge is 2.25. The van der Waals surface area contributed by atoms with Crippen LogP contribution in [-0.4, -0.2) is 74.7 Å². The van der Waals surface area contributed by atoms with E-state index in [1.807, 2.05) is 6.92 Å². The number of carbonyl (C=O) groups is 2. The summed E-state index contributed by atoms with van der Waals surface area (Å²) in [6.45, 7) is 5.73. The summed E-state index contributed by atoms with van der Waals surface area (Å²) >= 11 is 0. The minimum absolute atomic E-state index is 0.0148. The van der Waals surface area contributed by atoms with E-state index >= 15 is 0 Å². The fourth-order valence-electron chi connectivity index (χ4n) is 2.64. The molecule has 0 saturated carbocycles. The van der Waals surface area contributed by atoms with Gasteiger partial charge in [0.15, 0.2) is 0 Å². The molecule has 0 bridgehead atoms. The Kier molecular flexibility index (Phi) is 8.47. The second-order valence-electron chi connectivity index (χ2n) is 5.94. The maximum Gasteiger partial charge on any atom is 0.409 e. The summed E-state index contributed by atoms with van der Waals surface area (Å²) in [6.07, 6.45) is 3.05. The third kappa shape index (κ3) is 7.04. The van der Waals surface area contributed by atoms with Crippen molar-refractivity contribution in [3.05, 3.63) is 0 Å². The van der Waals surface area contributed by atoms with E-state index in [1.165, 1.54) is 4.31 Å². The summed E-state index contributed by atoms with van der Waals surface area (Å²) in [4.78, 5) is 25.3. The van der Waals surface area contributed by atoms with Gasteiger partial charge in [-0.1, -0.05) is 6.92 Å². The van der Waals surface area contributed by atoms with Gasteiger partial charge >= 0.3 is 6.09 Å². The van der Waals surface area contributed by atoms with Gasteiger partial charge in [0, 0.05) is 38.6 Å². The molecule has 1 heterocycles. The molecule has 0 aromatic carbocycles. The Bertz CT molecular complexity index is 515. The molecule has 0 aromatic rings. The van der Waals surface area contributed by atoms with E-state index in [0.717, 1.165) is 6.26 Å². The minimum atomic E-state index is -3.28. The fraction of sp³-hybridized carbons (Fsp3) is 0.867. The maximum absolute atomic E-state index is 12.0. The number of nitrogens with zero attached hydrogens (tertiary/aromatic N) is 2. The van der Waals surface area contributed by atoms with Crippen LogP contribution in [-0.2, 0) is 19.6 Å². The normalized spacial score (nSPS) is 16.2. The van der Waals surface area contributed by atoms with Gasteiger partial charge in [0.1, 0.15) is 0 Å². The Morgan fingerprint density at radius 3 is 2.33 bits per heavy atom. The summed E-state index contributed by atoms with van der Waals surface area (Å²) in [7, 11) is -3.28. The molecular formula is C15H29N3O5S. The molecular weight excluding hydrogens is 334 g/mol. The molecule has 140 valence electrons. The van der Waals surface area contributed by atoms with Crippen molar-refractivity contribution in [1.82, 2.24) is 14.5 Å². The SMILES string of the molecule is CCCN(CCC(=O)NC1CCN(C(=O)OCC)CC1)S(C)(=O)=O. The van der Waals surface area contributed by atoms with Crippen LogP contribution in [0.5, 0.6) is 0 Å². The standard InChI is InChI=1S/C15H29N3O5S/c1-4-9-18(24(3,21)22)12-8-14(19)16-13-6-10-17(11-7-13)15(20)23-5-2/h13H,4-12H2,1-3H3,(H,16,19). The summed E-state index contributed by atoms with van der Waals surface area (Å²) in [5.41, 5.74) is 0. The van der Waals surface area contributed by atoms with Crippen LogP contribution >= 0.6 is 0 Å². The molecule has 0 aliphatic carbocycles. The average Bonchev–Trinajstić information content (AvgIpc) is 2.51. The smallest absolute Gasteiger partial charge is 0.409 e. The van der Waals surface area contributed by atoms with Crippen LogP contribution in [0.3, 0.4) is 0 Å². The molecule has 1 rings (SSSR count). The van der Waals surface area contributed by atoms with Crippen molar-refractivity contribution in [2.24, 2.45) is 0 Å². The lowest BCUT2D eigenvalue weighted by Crippen LogP contribution is -2.47. The van der Waals surface area contributed by atoms with Crippen molar-refractivity contribution in [2.75, 3.05) is 39.0 Å². The molecule has 0 radical (unpaired) electrons. The quantitative estimate of drug-likeness (QED) is 0.688. The van der Waals surface area contributed by atoms with Crippen LogP contribution in [0.25, 0.3) is 0 Å². The van der Waals surface area contributed by atoms with E-state index in [2.05, 4.69) is 5.32 Å². The monoisotopic (exact) mass is 363 g/mol. The number of ether oxygens (including phenoxy) is 1. The van der Waals surface area contributed by atoms with Gasteiger partial charge in [-0.05, 0) is 26.2 Å². The van der Waals surface area contributed by atoms with Crippen molar-refractivity contribution < 1.29 is 22.7 Å². The highest BCUT2D eigenvalue weighted by atomic mass is 32.2. The molecule has 9 heteroatoms. The first-order valence-electron chi connectivity index (χ1n) is 8.44. The van der Waals surface area contributed by atoms with E-state index in [4.69, 9.17) is 4.74 Å². The Balaban J connectivity index is 2.35. The molecule has 8 nitrogen and oxygen atoms in total. The first kappa shape index (κ1) is 20.7. The van der Waals surface area contributed by atoms with Crippen molar-refractivity contribution in [3.8, 4) is 0 Å². The average molecular weight is 363 g/mol. The Labute approximate surface area is 144 Å². The molecule has 24 heavy (non-hydrogen) atoms. The molecule has 1 N–H and O–H groups in total. The second-order valence-corrected chi connectivity index (χ2v) is 7.92. The highest BCUT2D eigenvalue weighted by molar-refractivity contribution is 7.88. The van der Waals surface area contributed by atoms with E-state index in [0.29, 0.717) is 45.5 Å². The zero-order valence-corrected chi connectivity index (χ0v) is 15.6. The van der Waals surface area contributed by atoms with Crippen LogP contribution in [0.2, 0.25) is 0 Å². The predicted molar refractivity (Wildman–Crippen MR) is 91.1 cm³/mol. The van der Waals surface area contributed by atoms with E-state index in [1.54, 1.807) is 11.8 Å². The molecule has 1 aliphatic rings. The van der Waals surface area contributed by atoms with Gasteiger partial charge in [-0.25, -0.2) is 17.5 Å². The maximum atomic E-state index is 12.0. The Hall–Kier alpha value is -1.35. The molecule has 0 atom stereocenters. The van der Waals surface area contributed by atoms with Gasteiger partial charge in [-0.3, -0.25) is 4.79 Å². The first-order chi connectivity index (χ1) is 11.3. The van der Waals surface area contributed by atoms with Crippen molar-refractivity contribution in [2.45, 2.75) is 45.6 Å². The van der Waals surface area contributed by atoms with Gasteiger partial charge in [0.2, 0.25) is 15.9 Å². The van der Waals surface area contributed by atoms with Crippen LogP contribution in [0.1, 0.15) is 39.5 Å². The van der Waals surface area contributed by atoms with Crippen LogP contribution < -0.4 is 5.32 Å². The van der Waals surface area contributed by atoms with E-state index in [9.17, 15) is 18.0 Å². The number of amides is 2. The third-order valence-electron chi connectivity index (χ3n) is 3.92. The summed E-state index contributed by atoms with van der Waals surface area (Å²) in [6, 6.07) is 0.0148. The van der Waals surface area contributed by atoms with E-state index in [-0.39, 0.29) is 31.0 Å². The molecule has 1 aliphatic heterocycles. The molecule has 2 amide bonds. The number of hydrogen-bond acceptors (Lipinski definition) is 5. The summed E-state index contributed by atoms with van der Waals surface area (Å²) in [5.74, 6) is -0.158. The number of rotatable bonds is 8. The number of nitrogens with one attached hydrogen (secondary N) is 1. The fourth-order valence-corrected chi connectivity index (χ4v) is 3.58. The van der Waals surface area contributed by atoms with E-state index < -0.39 is 10.0 Å². The zero-order chi connectivity index (χ0) is 18.2. The minimum Gasteiger partial charge on any atom is -0.450 e. The largest absolute Gasteiger partial charge is 0.450 e. The van der Waals surface area contributed by atoms with Gasteiger partial charge in [-0.15, -0.1) is 0 Å². The van der Waals surface area contributed by atoms with Crippen molar-refractivity contribution >= 4 is 22.0 Å². The summed E-state index contributed by atoms with van der Waals surface area (Å²) in [5, 5.41) is 2.92. The van der Waals surface area contributed by atoms with Gasteiger partial charge in [0.05, 0.1) is 12.9 Å². The topological polar surface area (TPSA) is 96.0 Å². The number of piperidine rings is 1. The lowest BCUT2D eigenvalue weighted by Gasteiger charge is -2.31. The van der Waals surface area contributed by atoms with Gasteiger partial charge in [-0.2, -0.15) is 0 Å². The predicted octanol–water partition coefficient (Wildman–Crippen LogP) is 0.785. The molecule has 0 unspecified atom stereocenters. The second kappa shape index (κ2) is 9.83. The van der Waals surface area contributed by atoms with Crippen LogP contribution in [0, 0.1) is 0 Å². The highest BCUT2D eigenvalue weighted by Crippen LogP contribution is 2.12. The zero-order valence-electron chi connectivity index (χ0n) is 14.8. The lowest BCUT2D eigenvalue weighted by molar-refractivity contribution is -0.122. The van der Waals surface area contributed by atoms with Gasteiger partial charge < -0.3 is 15.0 Å². The molecule has 0 spiro atoms. The van der Waals surface area contributed by atoms with Crippen LogP contribution in [0.4, 0.5) is 4.79 Å². The molecule has 1 fully saturated rings. The number of likely N-dealkylation sites (tertiary alicyclic amines) is 1. The molecule has 1 saturated heterocycles. The van der Waals surface area contributed by atoms with Crippen molar-refractivity contribution in [3.63, 3.8) is 0 Å². The lowest BCUT2D eigenvalue weighted by atomic mass is 10.1. The third-order valence-corrected chi connectivity index (χ3v) is 5.22. The number of hydrogen-bond donors (Lipinski definition) is 1. The first-order valence-corrected chi connectivity index (χ1v) is 10.3. The number of carbonyl (C=O) groups excluding carboxylic acids is 2. The molecule has 0 aromatic heterocycles. The van der Waals surface area contributed by atoms with Crippen molar-refractivity contribution in [1.29, 1.82) is 0 Å². The van der Waals surface area contributed by atoms with Gasteiger partial charge in [0.25, 0.3) is 0 Å².